The van der Waals surface area contributed by atoms with Crippen molar-refractivity contribution in [1.82, 2.24) is 19.1 Å². The predicted molar refractivity (Wildman–Crippen MR) is 253 cm³/mol. The van der Waals surface area contributed by atoms with E-state index in [2.05, 4.69) is 174 Å². The molecule has 5 nitrogen and oxygen atoms in total. The Bertz CT molecular complexity index is 3780. The van der Waals surface area contributed by atoms with Crippen molar-refractivity contribution >= 4 is 84.1 Å². The van der Waals surface area contributed by atoms with Crippen LogP contribution in [0.2, 0.25) is 6.32 Å². The number of nitrogens with zero attached hydrogens (tertiary/aromatic N) is 4. The van der Waals surface area contributed by atoms with E-state index in [0.29, 0.717) is 5.82 Å². The van der Waals surface area contributed by atoms with Crippen LogP contribution in [0.4, 0.5) is 0 Å². The summed E-state index contributed by atoms with van der Waals surface area (Å²) in [5, 5.41) is 6.71. The molecule has 1 radical (unpaired) electrons. The number of aromatic nitrogens is 4. The smallest absolute Gasteiger partial charge is 0.191 e. The lowest BCUT2D eigenvalue weighted by atomic mass is 9.67. The van der Waals surface area contributed by atoms with Crippen LogP contribution in [0.5, 0.6) is 0 Å². The highest BCUT2D eigenvalue weighted by atomic mass is 16.3. The van der Waals surface area contributed by atoms with Gasteiger partial charge in [-0.05, 0) is 96.6 Å². The quantitative estimate of drug-likeness (QED) is 0.129. The van der Waals surface area contributed by atoms with E-state index in [1.807, 2.05) is 24.3 Å². The Labute approximate surface area is 352 Å². The summed E-state index contributed by atoms with van der Waals surface area (Å²) < 4.78 is 11.5. The molecule has 0 saturated heterocycles. The van der Waals surface area contributed by atoms with Crippen molar-refractivity contribution < 1.29 is 4.42 Å². The average molecular weight is 778 g/mol. The highest BCUT2D eigenvalue weighted by Crippen LogP contribution is 2.42. The Kier molecular flexibility index (Phi) is 7.43. The van der Waals surface area contributed by atoms with Crippen molar-refractivity contribution in [3.63, 3.8) is 0 Å². The van der Waals surface area contributed by atoms with E-state index in [0.717, 1.165) is 91.1 Å². The zero-order valence-electron chi connectivity index (χ0n) is 33.1. The van der Waals surface area contributed by atoms with E-state index >= 15 is 0 Å². The third-order valence-corrected chi connectivity index (χ3v) is 12.5. The van der Waals surface area contributed by atoms with Crippen LogP contribution >= 0.6 is 0 Å². The number of allylic oxidation sites excluding steroid dienone is 4. The fourth-order valence-corrected chi connectivity index (χ4v) is 9.73. The van der Waals surface area contributed by atoms with Crippen LogP contribution in [0.3, 0.4) is 0 Å². The highest BCUT2D eigenvalue weighted by Gasteiger charge is 2.22. The van der Waals surface area contributed by atoms with Gasteiger partial charge in [0.1, 0.15) is 11.2 Å². The van der Waals surface area contributed by atoms with Crippen molar-refractivity contribution in [1.29, 1.82) is 0 Å². The van der Waals surface area contributed by atoms with Crippen LogP contribution < -0.4 is 5.59 Å². The first-order valence-electron chi connectivity index (χ1n) is 20.9. The SMILES string of the molecule is [B]1CC#Cc2c1n(C1=CCCC=C1)c1ccc(-c3ccc4c(c3)c3ccccc3n4-c3ccc4c(c3)oc3cccc(-c5nc(-c6ccccc6)nc6ccccc56)c34)cc21. The molecule has 0 spiro atoms. The largest absolute Gasteiger partial charge is 0.456 e. The summed E-state index contributed by atoms with van der Waals surface area (Å²) in [6.45, 7) is 0. The maximum absolute atomic E-state index is 6.72. The molecular weight excluding hydrogens is 743 g/mol. The molecule has 6 heteroatoms. The number of para-hydroxylation sites is 2. The zero-order valence-corrected chi connectivity index (χ0v) is 33.1. The molecule has 0 amide bonds. The van der Waals surface area contributed by atoms with Gasteiger partial charge >= 0.3 is 0 Å². The minimum atomic E-state index is 0.702. The van der Waals surface area contributed by atoms with Gasteiger partial charge in [0, 0.05) is 66.5 Å². The van der Waals surface area contributed by atoms with Gasteiger partial charge in [0.05, 0.1) is 27.8 Å². The first-order valence-corrected chi connectivity index (χ1v) is 20.9. The van der Waals surface area contributed by atoms with Crippen LogP contribution in [-0.2, 0) is 0 Å². The predicted octanol–water partition coefficient (Wildman–Crippen LogP) is 12.9. The third kappa shape index (κ3) is 5.24. The third-order valence-electron chi connectivity index (χ3n) is 12.5. The summed E-state index contributed by atoms with van der Waals surface area (Å²) in [7, 11) is 2.28. The highest BCUT2D eigenvalue weighted by molar-refractivity contribution is 6.56. The van der Waals surface area contributed by atoms with Gasteiger partial charge in [-0.1, -0.05) is 109 Å². The van der Waals surface area contributed by atoms with E-state index in [-0.39, 0.29) is 0 Å². The number of hydrogen-bond acceptors (Lipinski definition) is 3. The average Bonchev–Trinajstić information content (AvgIpc) is 3.98. The van der Waals surface area contributed by atoms with Gasteiger partial charge in [-0.25, -0.2) is 9.97 Å². The maximum atomic E-state index is 6.72. The van der Waals surface area contributed by atoms with Crippen LogP contribution in [0.1, 0.15) is 18.4 Å². The molecule has 4 aromatic heterocycles. The Morgan fingerprint density at radius 2 is 1.36 bits per heavy atom. The van der Waals surface area contributed by atoms with Gasteiger partial charge in [-0.15, -0.1) is 5.92 Å². The minimum Gasteiger partial charge on any atom is -0.456 e. The van der Waals surface area contributed by atoms with Gasteiger partial charge in [-0.2, -0.15) is 0 Å². The standard InChI is InChI=1S/C55H34BN4O/c1-3-13-34(14-4-1)55-57-46-21-9-7-18-41(46)53(58-55)43-19-11-23-50-52(43)42-27-26-38(33-51(42)61-50)59-47-22-10-8-17-39(47)44-31-35(24-28-48(44)59)36-25-29-49-45(32-36)40-20-12-30-56-54(40)60(49)37-15-5-2-6-16-37/h1,3-5,7-11,13-19,21-29,31-33H,2,6,30H2. The molecule has 0 saturated carbocycles. The molecule has 1 aliphatic heterocycles. The molecule has 0 unspecified atom stereocenters. The molecule has 0 N–H and O–H groups in total. The molecule has 1 aliphatic carbocycles. The number of furan rings is 1. The first kappa shape index (κ1) is 34.0. The lowest BCUT2D eigenvalue weighted by molar-refractivity contribution is 0.668. The second-order valence-electron chi connectivity index (χ2n) is 16.0. The molecular formula is C55H34BN4O. The fourth-order valence-electron chi connectivity index (χ4n) is 9.73. The van der Waals surface area contributed by atoms with Gasteiger partial charge in [0.2, 0.25) is 0 Å². The van der Waals surface area contributed by atoms with E-state index in [4.69, 9.17) is 14.4 Å². The van der Waals surface area contributed by atoms with Crippen LogP contribution in [-0.4, -0.2) is 26.4 Å². The molecule has 283 valence electrons. The Balaban J connectivity index is 0.949. The molecule has 5 heterocycles. The van der Waals surface area contributed by atoms with E-state index in [1.165, 1.54) is 44.1 Å². The molecule has 0 fully saturated rings. The summed E-state index contributed by atoms with van der Waals surface area (Å²) in [6.07, 6.45) is 9.80. The molecule has 0 bridgehead atoms. The van der Waals surface area contributed by atoms with Gasteiger partial charge in [0.25, 0.3) is 0 Å². The molecule has 2 aliphatic rings. The number of rotatable bonds is 5. The van der Waals surface area contributed by atoms with Gasteiger partial charge in [-0.3, -0.25) is 0 Å². The Morgan fingerprint density at radius 3 is 2.23 bits per heavy atom. The zero-order chi connectivity index (χ0) is 40.0. The molecule has 61 heavy (non-hydrogen) atoms. The van der Waals surface area contributed by atoms with Gasteiger partial charge < -0.3 is 13.6 Å². The maximum Gasteiger partial charge on any atom is 0.191 e. The summed E-state index contributed by atoms with van der Waals surface area (Å²) >= 11 is 0. The molecule has 7 aromatic carbocycles. The van der Waals surface area contributed by atoms with Crippen LogP contribution in [0.15, 0.2) is 174 Å². The molecule has 13 rings (SSSR count). The molecule has 11 aromatic rings. The Morgan fingerprint density at radius 1 is 0.574 bits per heavy atom. The van der Waals surface area contributed by atoms with Gasteiger partial charge in [0.15, 0.2) is 13.1 Å². The number of hydrogen-bond donors (Lipinski definition) is 0. The van der Waals surface area contributed by atoms with Crippen molar-refractivity contribution in [2.75, 3.05) is 0 Å². The fraction of sp³-hybridized carbons (Fsp3) is 0.0545. The topological polar surface area (TPSA) is 48.8 Å². The number of benzene rings is 7. The summed E-state index contributed by atoms with van der Waals surface area (Å²) in [5.41, 5.74) is 15.9. The normalized spacial score (nSPS) is 13.5. The lowest BCUT2D eigenvalue weighted by Crippen LogP contribution is -2.27. The van der Waals surface area contributed by atoms with Crippen molar-refractivity contribution in [2.24, 2.45) is 0 Å². The van der Waals surface area contributed by atoms with Crippen molar-refractivity contribution in [3.8, 4) is 51.3 Å². The molecule has 0 atom stereocenters. The monoisotopic (exact) mass is 777 g/mol. The lowest BCUT2D eigenvalue weighted by Gasteiger charge is -2.15. The summed E-state index contributed by atoms with van der Waals surface area (Å²) in [4.78, 5) is 10.2. The summed E-state index contributed by atoms with van der Waals surface area (Å²) in [5.74, 6) is 7.54. The van der Waals surface area contributed by atoms with E-state index in [1.54, 1.807) is 0 Å². The summed E-state index contributed by atoms with van der Waals surface area (Å²) in [6, 6.07) is 53.8. The number of fused-ring (bicyclic) bond motifs is 10. The van der Waals surface area contributed by atoms with Crippen LogP contribution in [0.25, 0.3) is 111 Å². The van der Waals surface area contributed by atoms with E-state index in [9.17, 15) is 0 Å². The van der Waals surface area contributed by atoms with Crippen molar-refractivity contribution in [2.45, 2.75) is 19.2 Å². The van der Waals surface area contributed by atoms with E-state index < -0.39 is 0 Å². The van der Waals surface area contributed by atoms with Crippen molar-refractivity contribution in [3.05, 3.63) is 175 Å². The minimum absolute atomic E-state index is 0.702. The second-order valence-corrected chi connectivity index (χ2v) is 16.0. The first-order chi connectivity index (χ1) is 30.2. The second kappa shape index (κ2) is 13.3. The Hall–Kier alpha value is -7.88. The van der Waals surface area contributed by atoms with Crippen LogP contribution in [0, 0.1) is 11.8 Å².